The van der Waals surface area contributed by atoms with Gasteiger partial charge in [0.2, 0.25) is 11.8 Å². The highest BCUT2D eigenvalue weighted by Gasteiger charge is 2.45. The molecule has 0 aromatic heterocycles. The van der Waals surface area contributed by atoms with Gasteiger partial charge in [0.15, 0.2) is 0 Å². The number of hydrogen-bond donors (Lipinski definition) is 5. The third-order valence-corrected chi connectivity index (χ3v) is 13.0. The molecular weight excluding hydrogens is 775 g/mol. The Labute approximate surface area is 355 Å². The first-order valence-electron chi connectivity index (χ1n) is 21.5. The van der Waals surface area contributed by atoms with Crippen LogP contribution in [-0.4, -0.2) is 103 Å². The van der Waals surface area contributed by atoms with Gasteiger partial charge in [0.05, 0.1) is 5.70 Å². The summed E-state index contributed by atoms with van der Waals surface area (Å²) in [7, 11) is 0. The molecule has 1 aliphatic carbocycles. The third kappa shape index (κ3) is 9.72. The van der Waals surface area contributed by atoms with Crippen molar-refractivity contribution in [2.24, 2.45) is 27.8 Å². The Balaban J connectivity index is 0.749. The van der Waals surface area contributed by atoms with Crippen molar-refractivity contribution >= 4 is 46.9 Å². The van der Waals surface area contributed by atoms with Crippen LogP contribution in [0.3, 0.4) is 0 Å². The van der Waals surface area contributed by atoms with Crippen LogP contribution >= 0.6 is 0 Å². The molecule has 5 aliphatic rings. The quantitative estimate of drug-likeness (QED) is 0.166. The zero-order chi connectivity index (χ0) is 42.5. The van der Waals surface area contributed by atoms with Gasteiger partial charge in [0.25, 0.3) is 11.8 Å². The number of hydrogen-bond acceptors (Lipinski definition) is 10. The highest BCUT2D eigenvalue weighted by Crippen LogP contribution is 2.44. The summed E-state index contributed by atoms with van der Waals surface area (Å²) < 4.78 is 5.90. The zero-order valence-corrected chi connectivity index (χ0v) is 34.4. The molecule has 8 rings (SSSR count). The summed E-state index contributed by atoms with van der Waals surface area (Å²) in [4.78, 5) is 73.6. The summed E-state index contributed by atoms with van der Waals surface area (Å²) >= 11 is 0. The van der Waals surface area contributed by atoms with Crippen molar-refractivity contribution in [1.29, 1.82) is 0 Å². The largest absolute Gasteiger partial charge is 0.457 e. The normalized spacial score (nSPS) is 21.4. The number of amides is 6. The average molecular weight is 830 g/mol. The van der Waals surface area contributed by atoms with Crippen molar-refractivity contribution in [2.45, 2.75) is 69.9 Å². The van der Waals surface area contributed by atoms with E-state index in [0.717, 1.165) is 70.3 Å². The van der Waals surface area contributed by atoms with Crippen LogP contribution in [0.5, 0.6) is 11.5 Å². The number of para-hydroxylation sites is 1. The molecule has 4 heterocycles. The minimum Gasteiger partial charge on any atom is -0.457 e. The minimum atomic E-state index is -0.647. The van der Waals surface area contributed by atoms with E-state index in [0.29, 0.717) is 60.4 Å². The number of likely N-dealkylation sites (tertiary alicyclic amines) is 2. The van der Waals surface area contributed by atoms with E-state index in [-0.39, 0.29) is 59.5 Å². The summed E-state index contributed by atoms with van der Waals surface area (Å²) in [6.45, 7) is 4.92. The summed E-state index contributed by atoms with van der Waals surface area (Å²) in [5.41, 5.74) is 14.8. The number of nitrogens with two attached hydrogens (primary N) is 2. The first kappa shape index (κ1) is 41.5. The first-order chi connectivity index (χ1) is 29.5. The van der Waals surface area contributed by atoms with E-state index in [9.17, 15) is 24.0 Å². The second kappa shape index (κ2) is 18.2. The van der Waals surface area contributed by atoms with Crippen LogP contribution < -0.4 is 37.1 Å². The lowest BCUT2D eigenvalue weighted by atomic mass is 9.67. The Bertz CT molecular complexity index is 2190. The number of aliphatic imine (C=N–C) groups is 1. The number of carbonyl (C=O) groups excluding carboxylic acids is 5. The third-order valence-electron chi connectivity index (χ3n) is 13.0. The molecule has 4 aliphatic heterocycles. The molecule has 0 bridgehead atoms. The number of piperidine rings is 1. The van der Waals surface area contributed by atoms with Crippen molar-refractivity contribution in [1.82, 2.24) is 25.8 Å². The standard InChI is InChI=1S/C46H55N9O6/c47-41(31-9-11-36(12-10-31)61-35-7-2-1-3-8-35)40(42(48)58)43-49-22-15-37(51-43)30-16-24-54(25-17-30)39(57)19-23-53-28-46(29-53)20-13-33(14-21-46)50-44(59)32-5-4-6-34(27-32)55-26-18-38(56)52-45(55)60/h1-12,27,30,33,37H,13-26,28-29,47H2,(H2,48,58)(H,49,51)(H,50,59)(H,52,56,60)/t37-/m0/s1. The van der Waals surface area contributed by atoms with Gasteiger partial charge in [0.1, 0.15) is 22.9 Å². The Morgan fingerprint density at radius 2 is 1.56 bits per heavy atom. The van der Waals surface area contributed by atoms with Crippen molar-refractivity contribution < 1.29 is 28.7 Å². The van der Waals surface area contributed by atoms with Gasteiger partial charge in [-0.3, -0.25) is 34.4 Å². The highest BCUT2D eigenvalue weighted by molar-refractivity contribution is 6.25. The molecule has 320 valence electrons. The van der Waals surface area contributed by atoms with E-state index in [1.54, 1.807) is 48.5 Å². The van der Waals surface area contributed by atoms with Gasteiger partial charge < -0.3 is 36.6 Å². The number of rotatable bonds is 12. The lowest BCUT2D eigenvalue weighted by Crippen LogP contribution is -2.59. The molecule has 4 fully saturated rings. The van der Waals surface area contributed by atoms with E-state index < -0.39 is 11.9 Å². The number of anilines is 1. The fraction of sp³-hybridized carbons (Fsp3) is 0.435. The number of carbonyl (C=O) groups is 5. The molecular formula is C46H55N9O6. The molecule has 3 aromatic rings. The summed E-state index contributed by atoms with van der Waals surface area (Å²) in [5, 5.41) is 9.02. The number of amidine groups is 1. The van der Waals surface area contributed by atoms with E-state index in [2.05, 4.69) is 25.8 Å². The Morgan fingerprint density at radius 1 is 0.836 bits per heavy atom. The summed E-state index contributed by atoms with van der Waals surface area (Å²) in [5.74, 6) is 1.18. The molecule has 1 saturated carbocycles. The van der Waals surface area contributed by atoms with E-state index in [1.807, 2.05) is 35.2 Å². The van der Waals surface area contributed by atoms with E-state index in [4.69, 9.17) is 16.2 Å². The maximum absolute atomic E-state index is 13.3. The number of nitrogens with one attached hydrogen (secondary N) is 3. The number of ether oxygens (including phenoxy) is 1. The zero-order valence-electron chi connectivity index (χ0n) is 34.4. The maximum atomic E-state index is 13.3. The number of urea groups is 1. The average Bonchev–Trinajstić information content (AvgIpc) is 3.26. The van der Waals surface area contributed by atoms with Gasteiger partial charge in [-0.1, -0.05) is 24.3 Å². The van der Waals surface area contributed by atoms with Gasteiger partial charge in [-0.2, -0.15) is 0 Å². The lowest BCUT2D eigenvalue weighted by molar-refractivity contribution is -0.134. The topological polar surface area (TPSA) is 205 Å². The predicted molar refractivity (Wildman–Crippen MR) is 232 cm³/mol. The minimum absolute atomic E-state index is 0.0864. The fourth-order valence-electron chi connectivity index (χ4n) is 9.57. The monoisotopic (exact) mass is 829 g/mol. The van der Waals surface area contributed by atoms with Crippen LogP contribution in [0.1, 0.15) is 73.7 Å². The molecule has 1 atom stereocenters. The fourth-order valence-corrected chi connectivity index (χ4v) is 9.57. The molecule has 3 saturated heterocycles. The molecule has 15 nitrogen and oxygen atoms in total. The van der Waals surface area contributed by atoms with Crippen LogP contribution in [0.15, 0.2) is 89.4 Å². The van der Waals surface area contributed by atoms with Crippen LogP contribution in [-0.2, 0) is 14.4 Å². The van der Waals surface area contributed by atoms with Crippen molar-refractivity contribution in [3.63, 3.8) is 0 Å². The molecule has 15 heteroatoms. The first-order valence-corrected chi connectivity index (χ1v) is 21.5. The Kier molecular flexibility index (Phi) is 12.4. The van der Waals surface area contributed by atoms with Crippen molar-refractivity contribution in [2.75, 3.05) is 50.7 Å². The molecule has 61 heavy (non-hydrogen) atoms. The van der Waals surface area contributed by atoms with Gasteiger partial charge >= 0.3 is 6.03 Å². The molecule has 1 spiro atoms. The number of nitrogens with zero attached hydrogens (tertiary/aromatic N) is 4. The number of benzene rings is 3. The molecule has 7 N–H and O–H groups in total. The summed E-state index contributed by atoms with van der Waals surface area (Å²) in [6, 6.07) is 23.3. The van der Waals surface area contributed by atoms with Crippen molar-refractivity contribution in [3.05, 3.63) is 95.6 Å². The Hall–Kier alpha value is -6.22. The Morgan fingerprint density at radius 3 is 2.26 bits per heavy atom. The smallest absolute Gasteiger partial charge is 0.328 e. The van der Waals surface area contributed by atoms with Gasteiger partial charge in [0, 0.05) is 82.0 Å². The molecule has 0 radical (unpaired) electrons. The lowest BCUT2D eigenvalue weighted by Gasteiger charge is -2.53. The van der Waals surface area contributed by atoms with Crippen molar-refractivity contribution in [3.8, 4) is 11.5 Å². The number of imide groups is 1. The predicted octanol–water partition coefficient (Wildman–Crippen LogP) is 4.14. The van der Waals surface area contributed by atoms with E-state index >= 15 is 0 Å². The van der Waals surface area contributed by atoms with Gasteiger partial charge in [-0.15, -0.1) is 0 Å². The highest BCUT2D eigenvalue weighted by atomic mass is 16.5. The molecule has 3 aromatic carbocycles. The molecule has 6 amide bonds. The van der Waals surface area contributed by atoms with Crippen LogP contribution in [0.25, 0.3) is 5.70 Å². The molecule has 0 unspecified atom stereocenters. The van der Waals surface area contributed by atoms with Crippen LogP contribution in [0, 0.1) is 11.3 Å². The van der Waals surface area contributed by atoms with E-state index in [1.165, 1.54) is 4.90 Å². The number of primary amides is 1. The van der Waals surface area contributed by atoms with Crippen LogP contribution in [0.2, 0.25) is 0 Å². The maximum Gasteiger partial charge on any atom is 0.328 e. The van der Waals surface area contributed by atoms with Gasteiger partial charge in [-0.05, 0) is 116 Å². The second-order valence-corrected chi connectivity index (χ2v) is 17.1. The SMILES string of the molecule is NC(=O)C(C1=NCC[C@@H](C2CCN(C(=O)CCN3CC4(CCC(NC(=O)c5cccc(N6CCC(=O)NC6=O)c5)CC4)C3)CC2)N1)=C(N)c1ccc(Oc2ccccc2)cc1. The second-order valence-electron chi connectivity index (χ2n) is 17.1. The van der Waals surface area contributed by atoms with Crippen LogP contribution in [0.4, 0.5) is 10.5 Å². The van der Waals surface area contributed by atoms with Gasteiger partial charge in [-0.25, -0.2) is 4.79 Å². The summed E-state index contributed by atoms with van der Waals surface area (Å²) in [6.07, 6.45) is 7.12.